The van der Waals surface area contributed by atoms with E-state index in [1.807, 2.05) is 0 Å². The highest BCUT2D eigenvalue weighted by molar-refractivity contribution is 7.66. The lowest BCUT2D eigenvalue weighted by atomic mass is 9.89. The van der Waals surface area contributed by atoms with Gasteiger partial charge in [-0.15, -0.1) is 5.92 Å². The Labute approximate surface area is 189 Å². The number of phosphoric acid groups is 3. The minimum absolute atomic E-state index is 0.209. The SMILES string of the molecule is CC#CC1(Cl)C(CO)[C@@H](COP(=O)(O)OP(=O)(O)OP(=O)(O)O)O[C@H]1n1ncc(N)nc1=O. The van der Waals surface area contributed by atoms with E-state index in [1.165, 1.54) is 6.92 Å². The van der Waals surface area contributed by atoms with Crippen LogP contribution in [0.15, 0.2) is 11.0 Å². The normalized spacial score (nSPS) is 29.0. The van der Waals surface area contributed by atoms with Crippen molar-refractivity contribution in [3.8, 4) is 11.8 Å². The maximum absolute atomic E-state index is 12.2. The highest BCUT2D eigenvalue weighted by atomic mass is 35.5. The van der Waals surface area contributed by atoms with E-state index in [2.05, 4.69) is 35.1 Å². The molecule has 21 heteroatoms. The number of hydrogen-bond acceptors (Lipinski definition) is 12. The number of anilines is 1. The van der Waals surface area contributed by atoms with E-state index in [-0.39, 0.29) is 5.82 Å². The molecule has 1 aliphatic heterocycles. The minimum atomic E-state index is -5.74. The predicted molar refractivity (Wildman–Crippen MR) is 107 cm³/mol. The first kappa shape index (κ1) is 28.0. The minimum Gasteiger partial charge on any atom is -0.396 e. The predicted octanol–water partition coefficient (Wildman–Crippen LogP) is -0.929. The van der Waals surface area contributed by atoms with Crippen molar-refractivity contribution < 1.29 is 56.3 Å². The molecule has 0 spiro atoms. The fourth-order valence-corrected chi connectivity index (χ4v) is 6.27. The van der Waals surface area contributed by atoms with Gasteiger partial charge < -0.3 is 35.2 Å². The monoisotopic (exact) mass is 554 g/mol. The second kappa shape index (κ2) is 10.2. The first-order valence-corrected chi connectivity index (χ1v) is 13.3. The van der Waals surface area contributed by atoms with Gasteiger partial charge in [-0.25, -0.2) is 18.5 Å². The van der Waals surface area contributed by atoms with Gasteiger partial charge in [0.15, 0.2) is 11.1 Å². The molecule has 0 saturated carbocycles. The number of alkyl halides is 1. The van der Waals surface area contributed by atoms with E-state index in [1.54, 1.807) is 0 Å². The van der Waals surface area contributed by atoms with Crippen LogP contribution in [0.4, 0.5) is 5.82 Å². The van der Waals surface area contributed by atoms with Crippen molar-refractivity contribution in [2.45, 2.75) is 24.1 Å². The first-order chi connectivity index (χ1) is 15.0. The summed E-state index contributed by atoms with van der Waals surface area (Å²) in [5.41, 5.74) is 4.40. The van der Waals surface area contributed by atoms with Gasteiger partial charge in [0.2, 0.25) is 0 Å². The molecule has 0 radical (unpaired) electrons. The van der Waals surface area contributed by atoms with E-state index >= 15 is 0 Å². The standard InChI is InChI=1S/C12H18ClN4O13P3/c1-2-3-12(13)7(5-18)8(28-10(12)17-11(19)16-9(14)4-15-17)6-27-32(23,24)30-33(25,26)29-31(20,21)22/h4,7-8,10,18H,5-6H2,1H3,(H,23,24)(H,25,26)(H2,14,16,19)(H2,20,21,22)/t7?,8-,10-,12?/m1/s1. The van der Waals surface area contributed by atoms with E-state index in [9.17, 15) is 33.4 Å². The second-order valence-electron chi connectivity index (χ2n) is 6.25. The maximum Gasteiger partial charge on any atom is 0.490 e. The summed E-state index contributed by atoms with van der Waals surface area (Å²) in [6, 6.07) is 0. The van der Waals surface area contributed by atoms with Crippen LogP contribution in [0.1, 0.15) is 13.2 Å². The molecular weight excluding hydrogens is 537 g/mol. The third-order valence-corrected chi connectivity index (χ3v) is 8.30. The number of nitrogens with zero attached hydrogens (tertiary/aromatic N) is 3. The molecule has 186 valence electrons. The van der Waals surface area contributed by atoms with Crippen molar-refractivity contribution in [1.82, 2.24) is 14.8 Å². The third-order valence-electron chi connectivity index (χ3n) is 3.94. The van der Waals surface area contributed by atoms with Crippen molar-refractivity contribution >= 4 is 40.9 Å². The van der Waals surface area contributed by atoms with Crippen molar-refractivity contribution in [2.24, 2.45) is 5.92 Å². The lowest BCUT2D eigenvalue weighted by molar-refractivity contribution is -0.0430. The molecule has 33 heavy (non-hydrogen) atoms. The topological polar surface area (TPSA) is 263 Å². The van der Waals surface area contributed by atoms with Crippen LogP contribution in [0, 0.1) is 17.8 Å². The zero-order valence-corrected chi connectivity index (χ0v) is 19.8. The van der Waals surface area contributed by atoms with Crippen molar-refractivity contribution in [2.75, 3.05) is 18.9 Å². The average Bonchev–Trinajstić information content (AvgIpc) is 2.88. The van der Waals surface area contributed by atoms with Crippen LogP contribution in [0.2, 0.25) is 0 Å². The Balaban J connectivity index is 2.28. The smallest absolute Gasteiger partial charge is 0.396 e. The largest absolute Gasteiger partial charge is 0.490 e. The summed E-state index contributed by atoms with van der Waals surface area (Å²) < 4.78 is 52.1. The highest BCUT2D eigenvalue weighted by Gasteiger charge is 2.57. The van der Waals surface area contributed by atoms with Gasteiger partial charge in [-0.1, -0.05) is 17.5 Å². The average molecular weight is 555 g/mol. The summed E-state index contributed by atoms with van der Waals surface area (Å²) in [5, 5.41) is 13.6. The number of halogens is 1. The Morgan fingerprint density at radius 2 is 1.91 bits per heavy atom. The van der Waals surface area contributed by atoms with Gasteiger partial charge in [0.25, 0.3) is 0 Å². The summed E-state index contributed by atoms with van der Waals surface area (Å²) >= 11 is 6.55. The molecule has 0 aliphatic carbocycles. The summed E-state index contributed by atoms with van der Waals surface area (Å²) in [4.78, 5) is 49.8. The number of nitrogen functional groups attached to an aromatic ring is 1. The molecule has 1 aromatic rings. The first-order valence-electron chi connectivity index (χ1n) is 8.42. The summed E-state index contributed by atoms with van der Waals surface area (Å²) in [6.07, 6.45) is -1.87. The number of hydrogen-bond donors (Lipinski definition) is 6. The fourth-order valence-electron chi connectivity index (χ4n) is 2.79. The molecule has 6 atom stereocenters. The van der Waals surface area contributed by atoms with Crippen LogP contribution in [-0.2, 0) is 31.6 Å². The second-order valence-corrected chi connectivity index (χ2v) is 11.3. The summed E-state index contributed by atoms with van der Waals surface area (Å²) in [5.74, 6) is 3.67. The molecule has 17 nitrogen and oxygen atoms in total. The van der Waals surface area contributed by atoms with Crippen LogP contribution in [-0.4, -0.2) is 63.6 Å². The fraction of sp³-hybridized carbons (Fsp3) is 0.583. The van der Waals surface area contributed by atoms with Crippen molar-refractivity contribution in [3.05, 3.63) is 16.7 Å². The molecule has 1 aliphatic rings. The van der Waals surface area contributed by atoms with Gasteiger partial charge in [-0.3, -0.25) is 4.52 Å². The number of aliphatic hydroxyl groups is 1. The Hall–Kier alpha value is -1.21. The molecular formula is C12H18ClN4O13P3. The lowest BCUT2D eigenvalue weighted by Crippen LogP contribution is -2.42. The van der Waals surface area contributed by atoms with E-state index in [4.69, 9.17) is 31.9 Å². The Morgan fingerprint density at radius 1 is 1.27 bits per heavy atom. The molecule has 2 rings (SSSR count). The molecule has 1 saturated heterocycles. The van der Waals surface area contributed by atoms with Gasteiger partial charge in [-0.2, -0.15) is 23.4 Å². The summed E-state index contributed by atoms with van der Waals surface area (Å²) in [6.45, 7) is -0.287. The molecule has 0 bridgehead atoms. The van der Waals surface area contributed by atoms with Crippen molar-refractivity contribution in [3.63, 3.8) is 0 Å². The molecule has 7 N–H and O–H groups in total. The van der Waals surface area contributed by atoms with Crippen LogP contribution < -0.4 is 11.4 Å². The molecule has 2 heterocycles. The number of phosphoric ester groups is 1. The maximum atomic E-state index is 12.2. The number of aliphatic hydroxyl groups excluding tert-OH is 1. The van der Waals surface area contributed by atoms with Gasteiger partial charge in [0, 0.05) is 5.92 Å². The van der Waals surface area contributed by atoms with Gasteiger partial charge in [0.05, 0.1) is 25.5 Å². The quantitative estimate of drug-likeness (QED) is 0.122. The van der Waals surface area contributed by atoms with Gasteiger partial charge >= 0.3 is 29.2 Å². The molecule has 4 unspecified atom stereocenters. The van der Waals surface area contributed by atoms with E-state index in [0.29, 0.717) is 4.68 Å². The zero-order valence-electron chi connectivity index (χ0n) is 16.4. The molecule has 1 fully saturated rings. The van der Waals surface area contributed by atoms with Gasteiger partial charge in [-0.05, 0) is 6.92 Å². The number of rotatable bonds is 9. The van der Waals surface area contributed by atoms with Crippen LogP contribution in [0.3, 0.4) is 0 Å². The van der Waals surface area contributed by atoms with Crippen LogP contribution in [0.25, 0.3) is 0 Å². The molecule has 0 aromatic carbocycles. The van der Waals surface area contributed by atoms with Crippen LogP contribution in [0.5, 0.6) is 0 Å². The van der Waals surface area contributed by atoms with Crippen molar-refractivity contribution in [1.29, 1.82) is 0 Å². The Morgan fingerprint density at radius 3 is 2.42 bits per heavy atom. The summed E-state index contributed by atoms with van der Waals surface area (Å²) in [7, 11) is -16.8. The Kier molecular flexibility index (Phi) is 8.65. The van der Waals surface area contributed by atoms with E-state index < -0.39 is 65.5 Å². The van der Waals surface area contributed by atoms with Gasteiger partial charge in [0.1, 0.15) is 5.82 Å². The lowest BCUT2D eigenvalue weighted by Gasteiger charge is -2.26. The van der Waals surface area contributed by atoms with Crippen LogP contribution >= 0.6 is 35.1 Å². The highest BCUT2D eigenvalue weighted by Crippen LogP contribution is 2.66. The molecule has 1 aromatic heterocycles. The number of aromatic nitrogens is 3. The Bertz CT molecular complexity index is 1150. The molecule has 0 amide bonds. The number of ether oxygens (including phenoxy) is 1. The van der Waals surface area contributed by atoms with E-state index in [0.717, 1.165) is 6.20 Å². The third kappa shape index (κ3) is 7.14. The number of nitrogens with two attached hydrogens (primary N) is 1. The zero-order chi connectivity index (χ0) is 25.2.